The summed E-state index contributed by atoms with van der Waals surface area (Å²) in [5.41, 5.74) is 3.60. The Morgan fingerprint density at radius 2 is 2.19 bits per heavy atom. The zero-order chi connectivity index (χ0) is 14.8. The van der Waals surface area contributed by atoms with Crippen LogP contribution in [-0.4, -0.2) is 10.5 Å². The van der Waals surface area contributed by atoms with Gasteiger partial charge in [-0.05, 0) is 30.3 Å². The van der Waals surface area contributed by atoms with Crippen molar-refractivity contribution in [2.75, 3.05) is 0 Å². The minimum absolute atomic E-state index is 0.168. The largest absolute Gasteiger partial charge is 0.454 e. The molecule has 0 fully saturated rings. The van der Waals surface area contributed by atoms with Crippen LogP contribution in [0.5, 0.6) is 0 Å². The first-order chi connectivity index (χ1) is 10.2. The molecule has 0 aliphatic rings. The van der Waals surface area contributed by atoms with Crippen molar-refractivity contribution in [3.63, 3.8) is 0 Å². The summed E-state index contributed by atoms with van der Waals surface area (Å²) in [4.78, 5) is 11.4. The molecular weight excluding hydrogens is 268 g/mol. The van der Waals surface area contributed by atoms with Crippen molar-refractivity contribution < 1.29 is 9.21 Å². The number of furan rings is 1. The summed E-state index contributed by atoms with van der Waals surface area (Å²) in [7, 11) is 0. The minimum atomic E-state index is -0.467. The molecule has 104 valence electrons. The number of nitriles is 1. The molecule has 2 heterocycles. The standard InChI is InChI=1S/C15H12N4O2/c16-8-10-2-1-3-13-12(10)6-7-19(13)9-11-4-5-14(21-11)15(20)18-17/h1-7H,9,17H2,(H,18,20). The average Bonchev–Trinajstić information content (AvgIpc) is 3.14. The average molecular weight is 280 g/mol. The fraction of sp³-hybridized carbons (Fsp3) is 0.0667. The van der Waals surface area contributed by atoms with Gasteiger partial charge in [0.15, 0.2) is 5.76 Å². The summed E-state index contributed by atoms with van der Waals surface area (Å²) >= 11 is 0. The highest BCUT2D eigenvalue weighted by atomic mass is 16.4. The normalized spacial score (nSPS) is 10.5. The fourth-order valence-corrected chi connectivity index (χ4v) is 2.28. The molecule has 0 atom stereocenters. The van der Waals surface area contributed by atoms with Gasteiger partial charge < -0.3 is 8.98 Å². The number of hydrazine groups is 1. The van der Waals surface area contributed by atoms with Gasteiger partial charge in [0.2, 0.25) is 0 Å². The summed E-state index contributed by atoms with van der Waals surface area (Å²) < 4.78 is 7.39. The Morgan fingerprint density at radius 3 is 2.95 bits per heavy atom. The second-order valence-electron chi connectivity index (χ2n) is 4.53. The lowest BCUT2D eigenvalue weighted by Gasteiger charge is -2.03. The van der Waals surface area contributed by atoms with E-state index in [-0.39, 0.29) is 5.76 Å². The van der Waals surface area contributed by atoms with Crippen molar-refractivity contribution in [1.82, 2.24) is 9.99 Å². The Bertz CT molecular complexity index is 854. The number of hydrogen-bond acceptors (Lipinski definition) is 4. The Balaban J connectivity index is 1.94. The number of nitrogens with one attached hydrogen (secondary N) is 1. The number of nitrogen functional groups attached to an aromatic ring is 1. The summed E-state index contributed by atoms with van der Waals surface area (Å²) in [6, 6.07) is 12.9. The second kappa shape index (κ2) is 5.15. The van der Waals surface area contributed by atoms with Crippen molar-refractivity contribution in [2.24, 2.45) is 5.84 Å². The summed E-state index contributed by atoms with van der Waals surface area (Å²) in [5, 5.41) is 9.99. The zero-order valence-electron chi connectivity index (χ0n) is 11.0. The van der Waals surface area contributed by atoms with Gasteiger partial charge in [-0.1, -0.05) is 6.07 Å². The van der Waals surface area contributed by atoms with Crippen LogP contribution in [0.4, 0.5) is 0 Å². The number of aromatic nitrogens is 1. The predicted molar refractivity (Wildman–Crippen MR) is 76.1 cm³/mol. The maximum absolute atomic E-state index is 11.4. The Morgan fingerprint density at radius 1 is 1.33 bits per heavy atom. The highest BCUT2D eigenvalue weighted by molar-refractivity contribution is 5.91. The molecule has 1 aromatic carbocycles. The van der Waals surface area contributed by atoms with Crippen LogP contribution in [0.15, 0.2) is 47.0 Å². The van der Waals surface area contributed by atoms with E-state index in [1.807, 2.05) is 34.4 Å². The van der Waals surface area contributed by atoms with Crippen LogP contribution < -0.4 is 11.3 Å². The molecule has 2 aromatic heterocycles. The van der Waals surface area contributed by atoms with Crippen LogP contribution in [0, 0.1) is 11.3 Å². The van der Waals surface area contributed by atoms with Crippen LogP contribution in [-0.2, 0) is 6.54 Å². The molecule has 21 heavy (non-hydrogen) atoms. The van der Waals surface area contributed by atoms with E-state index in [1.54, 1.807) is 18.2 Å². The number of fused-ring (bicyclic) bond motifs is 1. The Labute approximate surface area is 120 Å². The third-order valence-corrected chi connectivity index (χ3v) is 3.28. The molecule has 6 heteroatoms. The van der Waals surface area contributed by atoms with Gasteiger partial charge in [0.05, 0.1) is 18.2 Å². The van der Waals surface area contributed by atoms with E-state index in [0.717, 1.165) is 10.9 Å². The van der Waals surface area contributed by atoms with Crippen LogP contribution in [0.2, 0.25) is 0 Å². The van der Waals surface area contributed by atoms with Gasteiger partial charge in [0, 0.05) is 17.1 Å². The maximum atomic E-state index is 11.4. The van der Waals surface area contributed by atoms with Crippen molar-refractivity contribution >= 4 is 16.8 Å². The molecule has 0 saturated heterocycles. The smallest absolute Gasteiger partial charge is 0.300 e. The monoisotopic (exact) mass is 280 g/mol. The number of carbonyl (C=O) groups is 1. The van der Waals surface area contributed by atoms with Gasteiger partial charge in [-0.15, -0.1) is 0 Å². The molecular formula is C15H12N4O2. The number of nitrogens with zero attached hydrogens (tertiary/aromatic N) is 2. The van der Waals surface area contributed by atoms with Crippen molar-refractivity contribution in [3.8, 4) is 6.07 Å². The first-order valence-corrected chi connectivity index (χ1v) is 6.30. The summed E-state index contributed by atoms with van der Waals surface area (Å²) in [6.45, 7) is 0.468. The predicted octanol–water partition coefficient (Wildman–Crippen LogP) is 1.76. The van der Waals surface area contributed by atoms with Gasteiger partial charge in [-0.2, -0.15) is 5.26 Å². The molecule has 0 bridgehead atoms. The van der Waals surface area contributed by atoms with Gasteiger partial charge in [-0.25, -0.2) is 5.84 Å². The van der Waals surface area contributed by atoms with Crippen LogP contribution in [0.3, 0.4) is 0 Å². The minimum Gasteiger partial charge on any atom is -0.454 e. The number of nitrogens with two attached hydrogens (primary N) is 1. The summed E-state index contributed by atoms with van der Waals surface area (Å²) in [5.74, 6) is 5.39. The van der Waals surface area contributed by atoms with E-state index >= 15 is 0 Å². The topological polar surface area (TPSA) is 97.0 Å². The third-order valence-electron chi connectivity index (χ3n) is 3.28. The molecule has 3 rings (SSSR count). The first-order valence-electron chi connectivity index (χ1n) is 6.30. The lowest BCUT2D eigenvalue weighted by molar-refractivity contribution is 0.0924. The van der Waals surface area contributed by atoms with Crippen LogP contribution in [0.25, 0.3) is 10.9 Å². The lowest BCUT2D eigenvalue weighted by atomic mass is 10.1. The molecule has 0 aliphatic carbocycles. The number of rotatable bonds is 3. The number of carbonyl (C=O) groups excluding carboxylic acids is 1. The Hall–Kier alpha value is -3.04. The fourth-order valence-electron chi connectivity index (χ4n) is 2.28. The number of amides is 1. The summed E-state index contributed by atoms with van der Waals surface area (Å²) in [6.07, 6.45) is 1.89. The zero-order valence-corrected chi connectivity index (χ0v) is 11.0. The van der Waals surface area contributed by atoms with Gasteiger partial charge >= 0.3 is 5.91 Å². The van der Waals surface area contributed by atoms with E-state index in [0.29, 0.717) is 17.9 Å². The van der Waals surface area contributed by atoms with Gasteiger partial charge in [-0.3, -0.25) is 10.2 Å². The molecule has 0 radical (unpaired) electrons. The third kappa shape index (κ3) is 2.26. The second-order valence-corrected chi connectivity index (χ2v) is 4.53. The molecule has 3 aromatic rings. The van der Waals surface area contributed by atoms with Crippen molar-refractivity contribution in [3.05, 3.63) is 59.7 Å². The van der Waals surface area contributed by atoms with E-state index in [2.05, 4.69) is 6.07 Å². The highest BCUT2D eigenvalue weighted by Gasteiger charge is 2.11. The quantitative estimate of drug-likeness (QED) is 0.434. The molecule has 0 unspecified atom stereocenters. The van der Waals surface area contributed by atoms with Crippen LogP contribution >= 0.6 is 0 Å². The van der Waals surface area contributed by atoms with Crippen molar-refractivity contribution in [1.29, 1.82) is 5.26 Å². The van der Waals surface area contributed by atoms with Gasteiger partial charge in [0.25, 0.3) is 0 Å². The number of hydrogen-bond donors (Lipinski definition) is 2. The van der Waals surface area contributed by atoms with E-state index in [9.17, 15) is 4.79 Å². The molecule has 3 N–H and O–H groups in total. The maximum Gasteiger partial charge on any atom is 0.300 e. The highest BCUT2D eigenvalue weighted by Crippen LogP contribution is 2.21. The molecule has 6 nitrogen and oxygen atoms in total. The van der Waals surface area contributed by atoms with Gasteiger partial charge in [0.1, 0.15) is 5.76 Å². The van der Waals surface area contributed by atoms with E-state index in [4.69, 9.17) is 15.5 Å². The van der Waals surface area contributed by atoms with E-state index in [1.165, 1.54) is 0 Å². The number of benzene rings is 1. The van der Waals surface area contributed by atoms with E-state index < -0.39 is 5.91 Å². The molecule has 0 spiro atoms. The molecule has 0 saturated carbocycles. The molecule has 0 aliphatic heterocycles. The van der Waals surface area contributed by atoms with Crippen molar-refractivity contribution in [2.45, 2.75) is 6.54 Å². The molecule has 1 amide bonds. The lowest BCUT2D eigenvalue weighted by Crippen LogP contribution is -2.29. The SMILES string of the molecule is N#Cc1cccc2c1ccn2Cc1ccc(C(=O)NN)o1. The van der Waals surface area contributed by atoms with Crippen LogP contribution in [0.1, 0.15) is 21.9 Å². The Kier molecular flexibility index (Phi) is 3.18. The first kappa shape index (κ1) is 13.0.